The predicted molar refractivity (Wildman–Crippen MR) is 63.5 cm³/mol. The van der Waals surface area contributed by atoms with E-state index in [9.17, 15) is 9.59 Å². The van der Waals surface area contributed by atoms with E-state index in [0.717, 1.165) is 0 Å². The summed E-state index contributed by atoms with van der Waals surface area (Å²) in [7, 11) is 1.49. The highest BCUT2D eigenvalue weighted by atomic mass is 79.9. The van der Waals surface area contributed by atoms with E-state index in [-0.39, 0.29) is 6.73 Å². The Morgan fingerprint density at radius 1 is 1.44 bits per heavy atom. The average Bonchev–Trinajstić information content (AvgIpc) is 2.24. The van der Waals surface area contributed by atoms with Crippen LogP contribution >= 0.6 is 15.9 Å². The molecule has 0 amide bonds. The third-order valence-corrected chi connectivity index (χ3v) is 2.87. The summed E-state index contributed by atoms with van der Waals surface area (Å²) in [6.45, 7) is 0.0920. The van der Waals surface area contributed by atoms with Crippen LogP contribution in [0.2, 0.25) is 0 Å². The Kier molecular flexibility index (Phi) is 2.93. The van der Waals surface area contributed by atoms with Crippen LogP contribution in [0.25, 0.3) is 10.9 Å². The molecule has 0 saturated carbocycles. The van der Waals surface area contributed by atoms with E-state index in [1.165, 1.54) is 11.7 Å². The van der Waals surface area contributed by atoms with Crippen LogP contribution in [-0.4, -0.2) is 16.7 Å². The first-order chi connectivity index (χ1) is 7.65. The molecular formula is C10H9BrN2O3. The lowest BCUT2D eigenvalue weighted by molar-refractivity contribution is 0.130. The first kappa shape index (κ1) is 11.1. The maximum absolute atomic E-state index is 11.6. The van der Waals surface area contributed by atoms with Gasteiger partial charge in [-0.2, -0.15) is 0 Å². The van der Waals surface area contributed by atoms with Crippen molar-refractivity contribution in [1.29, 1.82) is 0 Å². The van der Waals surface area contributed by atoms with E-state index in [1.807, 2.05) is 0 Å². The van der Waals surface area contributed by atoms with Gasteiger partial charge in [-0.05, 0) is 28.1 Å². The molecule has 0 aliphatic heterocycles. The molecule has 1 aromatic heterocycles. The monoisotopic (exact) mass is 284 g/mol. The van der Waals surface area contributed by atoms with Crippen LogP contribution in [0.5, 0.6) is 0 Å². The molecule has 84 valence electrons. The van der Waals surface area contributed by atoms with Crippen molar-refractivity contribution < 1.29 is 4.74 Å². The minimum Gasteiger partial charge on any atom is -0.364 e. The van der Waals surface area contributed by atoms with Crippen molar-refractivity contribution in [3.63, 3.8) is 0 Å². The second kappa shape index (κ2) is 4.23. The van der Waals surface area contributed by atoms with Gasteiger partial charge in [0.2, 0.25) is 0 Å². The smallest absolute Gasteiger partial charge is 0.330 e. The van der Waals surface area contributed by atoms with Crippen LogP contribution in [0.4, 0.5) is 0 Å². The molecule has 0 unspecified atom stereocenters. The molecule has 0 aliphatic rings. The molecule has 0 spiro atoms. The number of H-pyrrole nitrogens is 1. The van der Waals surface area contributed by atoms with Crippen molar-refractivity contribution in [2.45, 2.75) is 6.73 Å². The zero-order valence-electron chi connectivity index (χ0n) is 8.49. The molecule has 0 atom stereocenters. The number of hydrogen-bond acceptors (Lipinski definition) is 3. The predicted octanol–water partition coefficient (Wildman–Crippen LogP) is 1.06. The maximum Gasteiger partial charge on any atom is 0.330 e. The Balaban J connectivity index is 2.98. The average molecular weight is 285 g/mol. The summed E-state index contributed by atoms with van der Waals surface area (Å²) < 4.78 is 6.98. The van der Waals surface area contributed by atoms with E-state index in [2.05, 4.69) is 20.9 Å². The van der Waals surface area contributed by atoms with Crippen LogP contribution < -0.4 is 11.2 Å². The first-order valence-electron chi connectivity index (χ1n) is 4.55. The molecule has 1 aromatic carbocycles. The number of methoxy groups -OCH3 is 1. The summed E-state index contributed by atoms with van der Waals surface area (Å²) in [5.41, 5.74) is -0.335. The van der Waals surface area contributed by atoms with Gasteiger partial charge < -0.3 is 4.74 Å². The van der Waals surface area contributed by atoms with Gasteiger partial charge in [-0.25, -0.2) is 4.79 Å². The number of aromatic amines is 1. The van der Waals surface area contributed by atoms with Crippen molar-refractivity contribution in [3.8, 4) is 0 Å². The van der Waals surface area contributed by atoms with Gasteiger partial charge in [-0.15, -0.1) is 0 Å². The molecule has 5 nitrogen and oxygen atoms in total. The van der Waals surface area contributed by atoms with Gasteiger partial charge in [0.1, 0.15) is 6.73 Å². The number of aromatic nitrogens is 2. The first-order valence-corrected chi connectivity index (χ1v) is 5.34. The zero-order chi connectivity index (χ0) is 11.7. The SMILES string of the molecule is COCn1c(=O)[nH]c(=O)c2cccc(Br)c21. The summed E-state index contributed by atoms with van der Waals surface area (Å²) >= 11 is 3.32. The van der Waals surface area contributed by atoms with Gasteiger partial charge in [0.05, 0.1) is 10.9 Å². The topological polar surface area (TPSA) is 64.1 Å². The fourth-order valence-electron chi connectivity index (χ4n) is 1.56. The molecule has 2 rings (SSSR count). The van der Waals surface area contributed by atoms with Crippen LogP contribution in [0.15, 0.2) is 32.3 Å². The number of para-hydroxylation sites is 1. The lowest BCUT2D eigenvalue weighted by Gasteiger charge is -2.09. The fourth-order valence-corrected chi connectivity index (χ4v) is 2.14. The summed E-state index contributed by atoms with van der Waals surface area (Å²) in [5.74, 6) is 0. The van der Waals surface area contributed by atoms with Crippen molar-refractivity contribution >= 4 is 26.8 Å². The Labute approximate surface area is 98.8 Å². The van der Waals surface area contributed by atoms with Gasteiger partial charge in [-0.1, -0.05) is 6.07 Å². The molecule has 0 radical (unpaired) electrons. The van der Waals surface area contributed by atoms with Gasteiger partial charge in [0, 0.05) is 11.6 Å². The number of benzene rings is 1. The summed E-state index contributed by atoms with van der Waals surface area (Å²) in [5, 5.41) is 0.450. The summed E-state index contributed by atoms with van der Waals surface area (Å²) in [6.07, 6.45) is 0. The Bertz CT molecular complexity index is 645. The molecule has 2 aromatic rings. The van der Waals surface area contributed by atoms with Gasteiger partial charge >= 0.3 is 5.69 Å². The molecule has 6 heteroatoms. The van der Waals surface area contributed by atoms with Crippen LogP contribution in [0.1, 0.15) is 0 Å². The Hall–Kier alpha value is -1.40. The van der Waals surface area contributed by atoms with Crippen LogP contribution in [0.3, 0.4) is 0 Å². The number of rotatable bonds is 2. The van der Waals surface area contributed by atoms with Crippen LogP contribution in [-0.2, 0) is 11.5 Å². The van der Waals surface area contributed by atoms with Crippen molar-refractivity contribution in [1.82, 2.24) is 9.55 Å². The normalized spacial score (nSPS) is 10.9. The number of ether oxygens (including phenoxy) is 1. The summed E-state index contributed by atoms with van der Waals surface area (Å²) in [6, 6.07) is 5.17. The molecule has 0 bridgehead atoms. The van der Waals surface area contributed by atoms with E-state index in [4.69, 9.17) is 4.74 Å². The molecule has 16 heavy (non-hydrogen) atoms. The molecule has 0 saturated heterocycles. The third kappa shape index (κ3) is 1.70. The minimum absolute atomic E-state index is 0.0920. The molecule has 1 N–H and O–H groups in total. The third-order valence-electron chi connectivity index (χ3n) is 2.23. The van der Waals surface area contributed by atoms with E-state index in [0.29, 0.717) is 15.4 Å². The van der Waals surface area contributed by atoms with Gasteiger partial charge in [-0.3, -0.25) is 14.3 Å². The highest BCUT2D eigenvalue weighted by Crippen LogP contribution is 2.19. The number of fused-ring (bicyclic) bond motifs is 1. The largest absolute Gasteiger partial charge is 0.364 e. The second-order valence-electron chi connectivity index (χ2n) is 3.24. The van der Waals surface area contributed by atoms with Gasteiger partial charge in [0.25, 0.3) is 5.56 Å². The highest BCUT2D eigenvalue weighted by molar-refractivity contribution is 9.10. The number of nitrogens with zero attached hydrogens (tertiary/aromatic N) is 1. The second-order valence-corrected chi connectivity index (χ2v) is 4.10. The molecule has 0 aliphatic carbocycles. The highest BCUT2D eigenvalue weighted by Gasteiger charge is 2.09. The zero-order valence-corrected chi connectivity index (χ0v) is 10.1. The van der Waals surface area contributed by atoms with Crippen molar-refractivity contribution in [3.05, 3.63) is 43.5 Å². The van der Waals surface area contributed by atoms with E-state index in [1.54, 1.807) is 18.2 Å². The maximum atomic E-state index is 11.6. The van der Waals surface area contributed by atoms with Crippen molar-refractivity contribution in [2.75, 3.05) is 7.11 Å². The quantitative estimate of drug-likeness (QED) is 0.897. The molecular weight excluding hydrogens is 276 g/mol. The molecule has 1 heterocycles. The number of halogens is 1. The summed E-state index contributed by atoms with van der Waals surface area (Å²) in [4.78, 5) is 25.4. The van der Waals surface area contributed by atoms with Crippen molar-refractivity contribution in [2.24, 2.45) is 0 Å². The number of nitrogens with one attached hydrogen (secondary N) is 1. The van der Waals surface area contributed by atoms with Gasteiger partial charge in [0.15, 0.2) is 0 Å². The lowest BCUT2D eigenvalue weighted by atomic mass is 10.2. The number of hydrogen-bond donors (Lipinski definition) is 1. The molecule has 0 fully saturated rings. The standard InChI is InChI=1S/C10H9BrN2O3/c1-16-5-13-8-6(3-2-4-7(8)11)9(14)12-10(13)15/h2-4H,5H2,1H3,(H,12,14,15). The van der Waals surface area contributed by atoms with Crippen LogP contribution in [0, 0.1) is 0 Å². The Morgan fingerprint density at radius 3 is 2.88 bits per heavy atom. The van der Waals surface area contributed by atoms with E-state index < -0.39 is 11.2 Å². The van der Waals surface area contributed by atoms with E-state index >= 15 is 0 Å². The minimum atomic E-state index is -0.480. The lowest BCUT2D eigenvalue weighted by Crippen LogP contribution is -2.31. The Morgan fingerprint density at radius 2 is 2.19 bits per heavy atom. The fraction of sp³-hybridized carbons (Fsp3) is 0.200.